The summed E-state index contributed by atoms with van der Waals surface area (Å²) in [5, 5.41) is 20.3. The topological polar surface area (TPSA) is 113 Å². The molecule has 0 aromatic heterocycles. The van der Waals surface area contributed by atoms with Crippen molar-refractivity contribution in [1.82, 2.24) is 0 Å². The summed E-state index contributed by atoms with van der Waals surface area (Å²) < 4.78 is 34.0. The Bertz CT molecular complexity index is 1250. The van der Waals surface area contributed by atoms with Gasteiger partial charge in [-0.3, -0.25) is 0 Å². The van der Waals surface area contributed by atoms with Crippen LogP contribution in [0.5, 0.6) is 23.0 Å². The predicted molar refractivity (Wildman–Crippen MR) is 142 cm³/mol. The largest absolute Gasteiger partial charge is 0.504 e. The molecule has 4 rings (SSSR count). The number of carbonyl (C=O) groups excluding carboxylic acids is 1. The molecule has 1 heterocycles. The van der Waals surface area contributed by atoms with Crippen molar-refractivity contribution in [2.45, 2.75) is 24.9 Å². The summed E-state index contributed by atoms with van der Waals surface area (Å²) in [6, 6.07) is 19.1. The van der Waals surface area contributed by atoms with E-state index in [0.29, 0.717) is 23.3 Å². The first kappa shape index (κ1) is 28.2. The maximum atomic E-state index is 13.5. The van der Waals surface area contributed by atoms with Crippen LogP contribution in [-0.2, 0) is 30.2 Å². The molecular weight excluding hydrogens is 504 g/mol. The number of phenolic OH excluding ortho intramolecular Hbond substituents is 2. The minimum absolute atomic E-state index is 0.0319. The standard InChI is InChI=1S/C30H34O9/c1-34-25-15-18(10-12-23(25)31)14-21-22(17-38-30(21)37-4)27(20-11-13-24(32)26(16-20)35-2)39-29(33)28(36-3)19-8-6-5-7-9-19/h5-13,15-16,21-22,27-28,30-32H,14,17H2,1-4H3/t21-,22-,27-,28+,30-/m0/s1. The molecule has 1 fully saturated rings. The van der Waals surface area contributed by atoms with Crippen LogP contribution >= 0.6 is 0 Å². The van der Waals surface area contributed by atoms with E-state index in [1.165, 1.54) is 27.4 Å². The normalized spacial score (nSPS) is 20.3. The first-order valence-corrected chi connectivity index (χ1v) is 12.6. The molecule has 1 aliphatic heterocycles. The van der Waals surface area contributed by atoms with Crippen LogP contribution < -0.4 is 9.47 Å². The fourth-order valence-electron chi connectivity index (χ4n) is 5.04. The smallest absolute Gasteiger partial charge is 0.340 e. The molecule has 0 spiro atoms. The molecule has 1 aliphatic rings. The Kier molecular flexibility index (Phi) is 9.29. The minimum atomic E-state index is -0.937. The number of aromatic hydroxyl groups is 2. The number of benzene rings is 3. The lowest BCUT2D eigenvalue weighted by atomic mass is 9.82. The summed E-state index contributed by atoms with van der Waals surface area (Å²) in [6.07, 6.45) is -1.79. The Morgan fingerprint density at radius 1 is 0.897 bits per heavy atom. The van der Waals surface area contributed by atoms with Crippen molar-refractivity contribution in [3.05, 3.63) is 83.4 Å². The average Bonchev–Trinajstić information content (AvgIpc) is 3.36. The third kappa shape index (κ3) is 6.27. The lowest BCUT2D eigenvalue weighted by Crippen LogP contribution is -2.31. The fourth-order valence-corrected chi connectivity index (χ4v) is 5.04. The molecule has 5 atom stereocenters. The van der Waals surface area contributed by atoms with Gasteiger partial charge < -0.3 is 38.6 Å². The van der Waals surface area contributed by atoms with E-state index in [4.69, 9.17) is 28.4 Å². The minimum Gasteiger partial charge on any atom is -0.504 e. The van der Waals surface area contributed by atoms with Crippen molar-refractivity contribution in [3.63, 3.8) is 0 Å². The van der Waals surface area contributed by atoms with Crippen LogP contribution in [-0.4, -0.2) is 57.5 Å². The Balaban J connectivity index is 1.71. The summed E-state index contributed by atoms with van der Waals surface area (Å²) in [7, 11) is 5.97. The van der Waals surface area contributed by atoms with Gasteiger partial charge in [0, 0.05) is 26.1 Å². The van der Waals surface area contributed by atoms with Gasteiger partial charge in [-0.05, 0) is 47.4 Å². The van der Waals surface area contributed by atoms with E-state index >= 15 is 0 Å². The number of hydrogen-bond acceptors (Lipinski definition) is 9. The van der Waals surface area contributed by atoms with Gasteiger partial charge >= 0.3 is 5.97 Å². The van der Waals surface area contributed by atoms with Crippen LogP contribution in [0.25, 0.3) is 0 Å². The van der Waals surface area contributed by atoms with E-state index in [0.717, 1.165) is 5.56 Å². The summed E-state index contributed by atoms with van der Waals surface area (Å²) in [6.45, 7) is 0.252. The van der Waals surface area contributed by atoms with Crippen LogP contribution in [0.2, 0.25) is 0 Å². The Morgan fingerprint density at radius 2 is 1.56 bits per heavy atom. The SMILES string of the molecule is COc1cc(C[C@@H]2[C@@H](OC)OC[C@@H]2[C@@H](OC(=O)[C@H](OC)c2ccccc2)c2ccc(O)c(OC)c2)ccc1O. The summed E-state index contributed by atoms with van der Waals surface area (Å²) in [4.78, 5) is 13.5. The molecule has 208 valence electrons. The van der Waals surface area contributed by atoms with Gasteiger partial charge in [0.15, 0.2) is 35.4 Å². The highest BCUT2D eigenvalue weighted by Crippen LogP contribution is 2.44. The maximum absolute atomic E-state index is 13.5. The number of rotatable bonds is 11. The lowest BCUT2D eigenvalue weighted by Gasteiger charge is -2.30. The highest BCUT2D eigenvalue weighted by Gasteiger charge is 2.45. The van der Waals surface area contributed by atoms with Gasteiger partial charge in [0.05, 0.1) is 20.8 Å². The molecule has 2 N–H and O–H groups in total. The predicted octanol–water partition coefficient (Wildman–Crippen LogP) is 4.56. The molecule has 39 heavy (non-hydrogen) atoms. The van der Waals surface area contributed by atoms with Crippen molar-refractivity contribution in [3.8, 4) is 23.0 Å². The number of phenols is 2. The van der Waals surface area contributed by atoms with Gasteiger partial charge in [0.1, 0.15) is 6.10 Å². The van der Waals surface area contributed by atoms with Crippen molar-refractivity contribution in [2.75, 3.05) is 35.0 Å². The number of hydrogen-bond donors (Lipinski definition) is 2. The van der Waals surface area contributed by atoms with E-state index in [-0.39, 0.29) is 35.7 Å². The first-order valence-electron chi connectivity index (χ1n) is 12.6. The monoisotopic (exact) mass is 538 g/mol. The zero-order valence-corrected chi connectivity index (χ0v) is 22.4. The second kappa shape index (κ2) is 12.8. The number of methoxy groups -OCH3 is 4. The average molecular weight is 539 g/mol. The summed E-state index contributed by atoms with van der Waals surface area (Å²) in [5.41, 5.74) is 2.18. The van der Waals surface area contributed by atoms with Gasteiger partial charge in [-0.15, -0.1) is 0 Å². The van der Waals surface area contributed by atoms with Gasteiger partial charge in [0.2, 0.25) is 0 Å². The molecule has 0 saturated carbocycles. The lowest BCUT2D eigenvalue weighted by molar-refractivity contribution is -0.166. The number of esters is 1. The Morgan fingerprint density at radius 3 is 2.21 bits per heavy atom. The molecule has 1 saturated heterocycles. The van der Waals surface area contributed by atoms with Gasteiger partial charge in [-0.1, -0.05) is 42.5 Å². The van der Waals surface area contributed by atoms with E-state index in [2.05, 4.69) is 0 Å². The highest BCUT2D eigenvalue weighted by atomic mass is 16.7. The fraction of sp³-hybridized carbons (Fsp3) is 0.367. The second-order valence-corrected chi connectivity index (χ2v) is 9.29. The van der Waals surface area contributed by atoms with E-state index in [1.807, 2.05) is 18.2 Å². The van der Waals surface area contributed by atoms with Crippen LogP contribution in [0.15, 0.2) is 66.7 Å². The Labute approximate surface area is 227 Å². The third-order valence-electron chi connectivity index (χ3n) is 7.02. The molecule has 0 aliphatic carbocycles. The Hall–Kier alpha value is -3.79. The molecule has 3 aromatic carbocycles. The van der Waals surface area contributed by atoms with Crippen LogP contribution in [0.1, 0.15) is 28.9 Å². The molecule has 3 aromatic rings. The van der Waals surface area contributed by atoms with Gasteiger partial charge in [-0.2, -0.15) is 0 Å². The van der Waals surface area contributed by atoms with Gasteiger partial charge in [0.25, 0.3) is 0 Å². The van der Waals surface area contributed by atoms with Crippen molar-refractivity contribution in [1.29, 1.82) is 0 Å². The third-order valence-corrected chi connectivity index (χ3v) is 7.02. The molecule has 9 heteroatoms. The summed E-state index contributed by atoms with van der Waals surface area (Å²) >= 11 is 0. The first-order chi connectivity index (χ1) is 18.9. The van der Waals surface area contributed by atoms with E-state index in [1.54, 1.807) is 49.6 Å². The van der Waals surface area contributed by atoms with Crippen molar-refractivity contribution >= 4 is 5.97 Å². The number of ether oxygens (including phenoxy) is 6. The quantitative estimate of drug-likeness (QED) is 0.339. The summed E-state index contributed by atoms with van der Waals surface area (Å²) in [5.74, 6) is -0.516. The highest BCUT2D eigenvalue weighted by molar-refractivity contribution is 5.77. The number of carbonyl (C=O) groups is 1. The molecular formula is C30H34O9. The van der Waals surface area contributed by atoms with Crippen LogP contribution in [0.4, 0.5) is 0 Å². The zero-order chi connectivity index (χ0) is 27.9. The molecule has 0 radical (unpaired) electrons. The second-order valence-electron chi connectivity index (χ2n) is 9.29. The van der Waals surface area contributed by atoms with Gasteiger partial charge in [-0.25, -0.2) is 4.79 Å². The molecule has 0 unspecified atom stereocenters. The van der Waals surface area contributed by atoms with E-state index < -0.39 is 24.5 Å². The van der Waals surface area contributed by atoms with Crippen LogP contribution in [0, 0.1) is 11.8 Å². The molecule has 0 bridgehead atoms. The molecule has 9 nitrogen and oxygen atoms in total. The van der Waals surface area contributed by atoms with Crippen molar-refractivity contribution in [2.24, 2.45) is 11.8 Å². The molecule has 0 amide bonds. The maximum Gasteiger partial charge on any atom is 0.340 e. The van der Waals surface area contributed by atoms with Crippen LogP contribution in [0.3, 0.4) is 0 Å². The van der Waals surface area contributed by atoms with Crippen molar-refractivity contribution < 1.29 is 43.4 Å². The van der Waals surface area contributed by atoms with E-state index in [9.17, 15) is 15.0 Å². The zero-order valence-electron chi connectivity index (χ0n) is 22.4.